The molecule has 2 heterocycles. The first-order valence-electron chi connectivity index (χ1n) is 7.19. The van der Waals surface area contributed by atoms with E-state index in [0.717, 1.165) is 32.5 Å². The van der Waals surface area contributed by atoms with E-state index in [1.165, 1.54) is 0 Å². The van der Waals surface area contributed by atoms with Crippen LogP contribution >= 0.6 is 0 Å². The minimum absolute atomic E-state index is 0.214. The number of nitrogens with two attached hydrogens (primary N) is 1. The third kappa shape index (κ3) is 3.69. The number of nitrogens with zero attached hydrogens (tertiary/aromatic N) is 5. The van der Waals surface area contributed by atoms with Gasteiger partial charge in [0, 0.05) is 19.1 Å². The zero-order valence-electron chi connectivity index (χ0n) is 12.5. The molecule has 20 heavy (non-hydrogen) atoms. The van der Waals surface area contributed by atoms with Gasteiger partial charge in [0.25, 0.3) is 0 Å². The van der Waals surface area contributed by atoms with Crippen LogP contribution in [0.4, 0.5) is 11.9 Å². The van der Waals surface area contributed by atoms with E-state index < -0.39 is 0 Å². The van der Waals surface area contributed by atoms with Gasteiger partial charge < -0.3 is 20.3 Å². The van der Waals surface area contributed by atoms with Crippen LogP contribution in [0.25, 0.3) is 0 Å². The number of rotatable bonds is 4. The first-order chi connectivity index (χ1) is 9.60. The minimum Gasteiger partial charge on any atom is -0.463 e. The molecule has 7 heteroatoms. The van der Waals surface area contributed by atoms with Crippen LogP contribution in [0, 0.1) is 0 Å². The van der Waals surface area contributed by atoms with Crippen molar-refractivity contribution in [2.45, 2.75) is 32.7 Å². The molecule has 2 rings (SSSR count). The summed E-state index contributed by atoms with van der Waals surface area (Å²) in [5, 5.41) is 0. The first kappa shape index (κ1) is 14.8. The van der Waals surface area contributed by atoms with Crippen molar-refractivity contribution in [3.05, 3.63) is 0 Å². The van der Waals surface area contributed by atoms with Gasteiger partial charge in [0.2, 0.25) is 11.9 Å². The number of likely N-dealkylation sites (N-methyl/N-ethyl adjacent to an activating group) is 1. The van der Waals surface area contributed by atoms with Gasteiger partial charge in [-0.3, -0.25) is 0 Å². The molecule has 1 unspecified atom stereocenters. The van der Waals surface area contributed by atoms with Crippen molar-refractivity contribution in [3.8, 4) is 6.01 Å². The van der Waals surface area contributed by atoms with Gasteiger partial charge in [-0.2, -0.15) is 15.0 Å². The molecule has 112 valence electrons. The average molecular weight is 280 g/mol. The molecule has 2 N–H and O–H groups in total. The van der Waals surface area contributed by atoms with Crippen molar-refractivity contribution in [1.82, 2.24) is 19.9 Å². The summed E-state index contributed by atoms with van der Waals surface area (Å²) in [6, 6.07) is 0.655. The van der Waals surface area contributed by atoms with Gasteiger partial charge in [0.05, 0.1) is 6.61 Å². The smallest absolute Gasteiger partial charge is 0.323 e. The van der Waals surface area contributed by atoms with E-state index in [1.807, 2.05) is 6.92 Å². The lowest BCUT2D eigenvalue weighted by Crippen LogP contribution is -2.39. The van der Waals surface area contributed by atoms with Gasteiger partial charge in [0.1, 0.15) is 0 Å². The number of hydrogen-bond acceptors (Lipinski definition) is 7. The zero-order chi connectivity index (χ0) is 14.5. The number of ether oxygens (including phenoxy) is 1. The molecular weight excluding hydrogens is 256 g/mol. The summed E-state index contributed by atoms with van der Waals surface area (Å²) in [6.45, 7) is 7.78. The molecule has 1 saturated heterocycles. The standard InChI is InChI=1S/C13H24N6O/c1-4-8-20-13-16-11(14)15-12(17-13)19-7-5-6-18(3)9-10(19)2/h10H,4-9H2,1-3H3,(H2,14,15,16,17). The maximum atomic E-state index is 5.77. The Kier molecular flexibility index (Phi) is 4.94. The van der Waals surface area contributed by atoms with Crippen LogP contribution in [-0.4, -0.2) is 59.2 Å². The largest absolute Gasteiger partial charge is 0.463 e. The molecule has 1 aromatic rings. The van der Waals surface area contributed by atoms with E-state index in [9.17, 15) is 0 Å². The first-order valence-corrected chi connectivity index (χ1v) is 7.19. The Morgan fingerprint density at radius 1 is 1.30 bits per heavy atom. The molecule has 0 amide bonds. The van der Waals surface area contributed by atoms with E-state index in [1.54, 1.807) is 0 Å². The summed E-state index contributed by atoms with van der Waals surface area (Å²) in [5.74, 6) is 0.831. The zero-order valence-corrected chi connectivity index (χ0v) is 12.5. The SMILES string of the molecule is CCCOc1nc(N)nc(N2CCCN(C)CC2C)n1. The Labute approximate surface area is 120 Å². The molecule has 1 atom stereocenters. The summed E-state index contributed by atoms with van der Waals surface area (Å²) in [6.07, 6.45) is 1.99. The predicted octanol–water partition coefficient (Wildman–Crippen LogP) is 0.773. The van der Waals surface area contributed by atoms with E-state index in [-0.39, 0.29) is 5.95 Å². The van der Waals surface area contributed by atoms with Crippen molar-refractivity contribution in [2.75, 3.05) is 43.9 Å². The number of aromatic nitrogens is 3. The van der Waals surface area contributed by atoms with Crippen LogP contribution in [0.15, 0.2) is 0 Å². The third-order valence-corrected chi connectivity index (χ3v) is 3.36. The summed E-state index contributed by atoms with van der Waals surface area (Å²) < 4.78 is 5.48. The van der Waals surface area contributed by atoms with Gasteiger partial charge in [-0.05, 0) is 33.4 Å². The van der Waals surface area contributed by atoms with Gasteiger partial charge in [0.15, 0.2) is 0 Å². The van der Waals surface area contributed by atoms with Crippen molar-refractivity contribution in [2.24, 2.45) is 0 Å². The predicted molar refractivity (Wildman–Crippen MR) is 78.9 cm³/mol. The summed E-state index contributed by atoms with van der Waals surface area (Å²) in [7, 11) is 2.14. The lowest BCUT2D eigenvalue weighted by molar-refractivity contribution is 0.291. The Morgan fingerprint density at radius 3 is 2.85 bits per heavy atom. The van der Waals surface area contributed by atoms with Crippen LogP contribution in [0.1, 0.15) is 26.7 Å². The van der Waals surface area contributed by atoms with E-state index >= 15 is 0 Å². The molecule has 0 bridgehead atoms. The Bertz CT molecular complexity index is 441. The van der Waals surface area contributed by atoms with Gasteiger partial charge in [-0.25, -0.2) is 0 Å². The fourth-order valence-electron chi connectivity index (χ4n) is 2.42. The molecule has 1 fully saturated rings. The third-order valence-electron chi connectivity index (χ3n) is 3.36. The van der Waals surface area contributed by atoms with Crippen molar-refractivity contribution >= 4 is 11.9 Å². The molecule has 0 aliphatic carbocycles. The van der Waals surface area contributed by atoms with Gasteiger partial charge >= 0.3 is 6.01 Å². The molecule has 0 aromatic carbocycles. The summed E-state index contributed by atoms with van der Waals surface area (Å²) in [4.78, 5) is 17.2. The van der Waals surface area contributed by atoms with Crippen LogP contribution in [0.5, 0.6) is 6.01 Å². The van der Waals surface area contributed by atoms with Gasteiger partial charge in [-0.1, -0.05) is 6.92 Å². The summed E-state index contributed by atoms with van der Waals surface area (Å²) >= 11 is 0. The van der Waals surface area contributed by atoms with E-state index in [2.05, 4.69) is 38.7 Å². The quantitative estimate of drug-likeness (QED) is 0.872. The molecular formula is C13H24N6O. The number of nitrogen functional groups attached to an aromatic ring is 1. The molecule has 1 aromatic heterocycles. The lowest BCUT2D eigenvalue weighted by Gasteiger charge is -2.28. The van der Waals surface area contributed by atoms with Crippen LogP contribution in [-0.2, 0) is 0 Å². The molecule has 1 aliphatic heterocycles. The second kappa shape index (κ2) is 6.69. The highest BCUT2D eigenvalue weighted by atomic mass is 16.5. The molecule has 7 nitrogen and oxygen atoms in total. The van der Waals surface area contributed by atoms with E-state index in [4.69, 9.17) is 10.5 Å². The van der Waals surface area contributed by atoms with Crippen molar-refractivity contribution in [3.63, 3.8) is 0 Å². The molecule has 1 aliphatic rings. The maximum absolute atomic E-state index is 5.77. The normalized spacial score (nSPS) is 20.8. The lowest BCUT2D eigenvalue weighted by atomic mass is 10.3. The fourth-order valence-corrected chi connectivity index (χ4v) is 2.42. The summed E-state index contributed by atoms with van der Waals surface area (Å²) in [5.41, 5.74) is 5.77. The highest BCUT2D eigenvalue weighted by Gasteiger charge is 2.23. The van der Waals surface area contributed by atoms with Crippen molar-refractivity contribution < 1.29 is 4.74 Å². The molecule has 0 radical (unpaired) electrons. The van der Waals surface area contributed by atoms with Crippen LogP contribution in [0.2, 0.25) is 0 Å². The topological polar surface area (TPSA) is 80.4 Å². The fraction of sp³-hybridized carbons (Fsp3) is 0.769. The minimum atomic E-state index is 0.214. The molecule has 0 spiro atoms. The van der Waals surface area contributed by atoms with Crippen LogP contribution in [0.3, 0.4) is 0 Å². The number of hydrogen-bond donors (Lipinski definition) is 1. The Balaban J connectivity index is 2.19. The average Bonchev–Trinajstić information content (AvgIpc) is 2.56. The van der Waals surface area contributed by atoms with Gasteiger partial charge in [-0.15, -0.1) is 0 Å². The highest BCUT2D eigenvalue weighted by molar-refractivity contribution is 5.37. The number of anilines is 2. The Hall–Kier alpha value is -1.63. The second-order valence-corrected chi connectivity index (χ2v) is 5.28. The molecule has 0 saturated carbocycles. The highest BCUT2D eigenvalue weighted by Crippen LogP contribution is 2.18. The monoisotopic (exact) mass is 280 g/mol. The maximum Gasteiger partial charge on any atom is 0.323 e. The van der Waals surface area contributed by atoms with E-state index in [0.29, 0.717) is 24.6 Å². The second-order valence-electron chi connectivity index (χ2n) is 5.28. The van der Waals surface area contributed by atoms with Crippen LogP contribution < -0.4 is 15.4 Å². The van der Waals surface area contributed by atoms with Crippen molar-refractivity contribution in [1.29, 1.82) is 0 Å². The Morgan fingerprint density at radius 2 is 2.10 bits per heavy atom.